The van der Waals surface area contributed by atoms with Crippen molar-refractivity contribution in [1.29, 1.82) is 0 Å². The van der Waals surface area contributed by atoms with Crippen molar-refractivity contribution in [3.05, 3.63) is 72.8 Å². The van der Waals surface area contributed by atoms with Crippen LogP contribution in [0.4, 0.5) is 5.82 Å². The van der Waals surface area contributed by atoms with Gasteiger partial charge in [0.15, 0.2) is 0 Å². The van der Waals surface area contributed by atoms with Gasteiger partial charge in [-0.15, -0.1) is 0 Å². The van der Waals surface area contributed by atoms with E-state index in [0.717, 1.165) is 57.8 Å². The molecule has 0 spiro atoms. The second-order valence-electron chi connectivity index (χ2n) is 9.61. The summed E-state index contributed by atoms with van der Waals surface area (Å²) < 4.78 is 11.2. The highest BCUT2D eigenvalue weighted by molar-refractivity contribution is 5.92. The first-order valence-electron chi connectivity index (χ1n) is 12.5. The number of rotatable bonds is 8. The Labute approximate surface area is 212 Å². The number of fused-ring (bicyclic) bond motifs is 1. The van der Waals surface area contributed by atoms with Crippen molar-refractivity contribution in [2.45, 2.75) is 44.4 Å². The van der Waals surface area contributed by atoms with Gasteiger partial charge in [-0.3, -0.25) is 4.98 Å². The second-order valence-corrected chi connectivity index (χ2v) is 9.61. The molecular weight excluding hydrogens is 450 g/mol. The van der Waals surface area contributed by atoms with Crippen molar-refractivity contribution < 1.29 is 9.47 Å². The summed E-state index contributed by atoms with van der Waals surface area (Å²) in [5.41, 5.74) is 4.04. The van der Waals surface area contributed by atoms with E-state index in [0.29, 0.717) is 18.7 Å². The molecule has 36 heavy (non-hydrogen) atoms. The normalized spacial score (nSPS) is 17.8. The summed E-state index contributed by atoms with van der Waals surface area (Å²) in [6.07, 6.45) is 9.94. The van der Waals surface area contributed by atoms with E-state index in [9.17, 15) is 0 Å². The minimum atomic E-state index is 0.430. The topological polar surface area (TPSA) is 72.4 Å². The molecule has 4 aromatic rings. The maximum absolute atomic E-state index is 6.02. The molecule has 2 aromatic heterocycles. The first kappa shape index (κ1) is 24.0. The molecule has 0 atom stereocenters. The number of nitrogens with zero attached hydrogens (tertiary/aromatic N) is 4. The summed E-state index contributed by atoms with van der Waals surface area (Å²) in [5.74, 6) is 2.46. The zero-order chi connectivity index (χ0) is 24.9. The molecule has 0 bridgehead atoms. The van der Waals surface area contributed by atoms with Gasteiger partial charge in [-0.25, -0.2) is 9.97 Å². The molecule has 186 valence electrons. The zero-order valence-corrected chi connectivity index (χ0v) is 21.1. The fraction of sp³-hybridized carbons (Fsp3) is 0.345. The Bertz CT molecular complexity index is 1300. The van der Waals surface area contributed by atoms with Crippen LogP contribution in [0.2, 0.25) is 0 Å². The molecule has 0 aliphatic heterocycles. The molecule has 7 heteroatoms. The summed E-state index contributed by atoms with van der Waals surface area (Å²) >= 11 is 0. The number of ether oxygens (including phenoxy) is 2. The van der Waals surface area contributed by atoms with E-state index >= 15 is 0 Å². The maximum atomic E-state index is 6.02. The van der Waals surface area contributed by atoms with E-state index in [4.69, 9.17) is 9.47 Å². The lowest BCUT2D eigenvalue weighted by Gasteiger charge is -2.33. The Hall–Kier alpha value is -3.71. The Balaban J connectivity index is 1.32. The average Bonchev–Trinajstić information content (AvgIpc) is 2.92. The van der Waals surface area contributed by atoms with Crippen molar-refractivity contribution in [2.24, 2.45) is 0 Å². The fourth-order valence-corrected chi connectivity index (χ4v) is 4.83. The lowest BCUT2D eigenvalue weighted by atomic mass is 9.90. The Morgan fingerprint density at radius 2 is 1.69 bits per heavy atom. The number of methoxy groups -OCH3 is 1. The third kappa shape index (κ3) is 5.57. The number of nitrogens with one attached hydrogen (secondary N) is 1. The van der Waals surface area contributed by atoms with Gasteiger partial charge in [-0.05, 0) is 81.2 Å². The molecule has 1 fully saturated rings. The van der Waals surface area contributed by atoms with Gasteiger partial charge in [0, 0.05) is 29.2 Å². The van der Waals surface area contributed by atoms with Gasteiger partial charge < -0.3 is 19.7 Å². The minimum Gasteiger partial charge on any atom is -0.497 e. The highest BCUT2D eigenvalue weighted by atomic mass is 16.5. The molecule has 0 radical (unpaired) electrons. The lowest BCUT2D eigenvalue weighted by molar-refractivity contribution is 0.221. The molecule has 2 heterocycles. The van der Waals surface area contributed by atoms with Crippen LogP contribution in [0.15, 0.2) is 67.3 Å². The quantitative estimate of drug-likeness (QED) is 0.351. The molecule has 0 amide bonds. The van der Waals surface area contributed by atoms with Gasteiger partial charge in [0.25, 0.3) is 0 Å². The van der Waals surface area contributed by atoms with Gasteiger partial charge in [-0.1, -0.05) is 18.2 Å². The van der Waals surface area contributed by atoms with Crippen LogP contribution in [-0.2, 0) is 6.61 Å². The Morgan fingerprint density at radius 3 is 2.44 bits per heavy atom. The Morgan fingerprint density at radius 1 is 0.889 bits per heavy atom. The molecule has 2 aromatic carbocycles. The standard InChI is InChI=1S/C29H33N5O2/c1-34(2)24-9-7-23(8-10-24)33-29-27-15-21(6-13-28(27)31-19-32-29)22-14-26(17-30-16-22)36-18-20-4-11-25(35-3)12-5-20/h4-6,11-17,19,23-24H,7-10,18H2,1-3H3,(H,31,32,33). The summed E-state index contributed by atoms with van der Waals surface area (Å²) in [6.45, 7) is 0.463. The molecule has 1 aliphatic rings. The number of anilines is 1. The van der Waals surface area contributed by atoms with Gasteiger partial charge in [0.1, 0.15) is 30.3 Å². The number of pyridine rings is 1. The van der Waals surface area contributed by atoms with Crippen LogP contribution in [0.25, 0.3) is 22.0 Å². The van der Waals surface area contributed by atoms with Crippen molar-refractivity contribution in [3.8, 4) is 22.6 Å². The molecule has 0 unspecified atom stereocenters. The van der Waals surface area contributed by atoms with Crippen LogP contribution >= 0.6 is 0 Å². The van der Waals surface area contributed by atoms with E-state index in [-0.39, 0.29) is 0 Å². The number of benzene rings is 2. The number of hydrogen-bond donors (Lipinski definition) is 1. The van der Waals surface area contributed by atoms with Gasteiger partial charge >= 0.3 is 0 Å². The molecular formula is C29H33N5O2. The van der Waals surface area contributed by atoms with Crippen LogP contribution in [0, 0.1) is 0 Å². The predicted octanol–water partition coefficient (Wildman–Crippen LogP) is 5.56. The Kier molecular flexibility index (Phi) is 7.28. The van der Waals surface area contributed by atoms with E-state index in [1.54, 1.807) is 19.6 Å². The maximum Gasteiger partial charge on any atom is 0.138 e. The van der Waals surface area contributed by atoms with E-state index < -0.39 is 0 Å². The summed E-state index contributed by atoms with van der Waals surface area (Å²) in [7, 11) is 6.01. The number of hydrogen-bond acceptors (Lipinski definition) is 7. The molecule has 5 rings (SSSR count). The monoisotopic (exact) mass is 483 g/mol. The average molecular weight is 484 g/mol. The third-order valence-electron chi connectivity index (χ3n) is 7.01. The third-order valence-corrected chi connectivity index (χ3v) is 7.01. The van der Waals surface area contributed by atoms with Crippen LogP contribution in [0.1, 0.15) is 31.2 Å². The smallest absolute Gasteiger partial charge is 0.138 e. The van der Waals surface area contributed by atoms with Gasteiger partial charge in [0.2, 0.25) is 0 Å². The lowest BCUT2D eigenvalue weighted by Crippen LogP contribution is -2.36. The second kappa shape index (κ2) is 10.9. The first-order chi connectivity index (χ1) is 17.6. The minimum absolute atomic E-state index is 0.430. The first-order valence-corrected chi connectivity index (χ1v) is 12.5. The van der Waals surface area contributed by atoms with Crippen molar-refractivity contribution in [2.75, 3.05) is 26.5 Å². The molecule has 1 aliphatic carbocycles. The molecule has 0 saturated heterocycles. The SMILES string of the molecule is COc1ccc(COc2cncc(-c3ccc4ncnc(NC5CCC(N(C)C)CC5)c4c3)c2)cc1. The fourth-order valence-electron chi connectivity index (χ4n) is 4.83. The van der Waals surface area contributed by atoms with Gasteiger partial charge in [0.05, 0.1) is 18.8 Å². The summed E-state index contributed by atoms with van der Waals surface area (Å²) in [5, 5.41) is 4.72. The van der Waals surface area contributed by atoms with Crippen molar-refractivity contribution in [1.82, 2.24) is 19.9 Å². The van der Waals surface area contributed by atoms with E-state index in [1.807, 2.05) is 42.6 Å². The number of aromatic nitrogens is 3. The van der Waals surface area contributed by atoms with Crippen LogP contribution < -0.4 is 14.8 Å². The largest absolute Gasteiger partial charge is 0.497 e. The van der Waals surface area contributed by atoms with Crippen LogP contribution in [0.5, 0.6) is 11.5 Å². The predicted molar refractivity (Wildman–Crippen MR) is 143 cm³/mol. The molecule has 1 saturated carbocycles. The summed E-state index contributed by atoms with van der Waals surface area (Å²) in [6, 6.07) is 17.3. The summed E-state index contributed by atoms with van der Waals surface area (Å²) in [4.78, 5) is 15.9. The highest BCUT2D eigenvalue weighted by Crippen LogP contribution is 2.31. The van der Waals surface area contributed by atoms with Crippen LogP contribution in [-0.4, -0.2) is 53.1 Å². The van der Waals surface area contributed by atoms with Crippen molar-refractivity contribution >= 4 is 16.7 Å². The molecule has 1 N–H and O–H groups in total. The van der Waals surface area contributed by atoms with E-state index in [1.165, 1.54) is 12.8 Å². The van der Waals surface area contributed by atoms with Gasteiger partial charge in [-0.2, -0.15) is 0 Å². The van der Waals surface area contributed by atoms with Crippen LogP contribution in [0.3, 0.4) is 0 Å². The highest BCUT2D eigenvalue weighted by Gasteiger charge is 2.23. The molecule has 7 nitrogen and oxygen atoms in total. The zero-order valence-electron chi connectivity index (χ0n) is 21.1. The van der Waals surface area contributed by atoms with Crippen molar-refractivity contribution in [3.63, 3.8) is 0 Å². The van der Waals surface area contributed by atoms with E-state index in [2.05, 4.69) is 51.4 Å².